The van der Waals surface area contributed by atoms with Gasteiger partial charge in [0.15, 0.2) is 17.8 Å². The second kappa shape index (κ2) is 13.4. The molecule has 4 heterocycles. The number of rotatable bonds is 11. The molecule has 2 fully saturated rings. The summed E-state index contributed by atoms with van der Waals surface area (Å²) in [5.41, 5.74) is 4.25. The number of aliphatic hydroxyl groups excluding tert-OH is 4. The van der Waals surface area contributed by atoms with E-state index in [9.17, 15) is 33.7 Å². The molecule has 2 aliphatic rings. The highest BCUT2D eigenvalue weighted by Gasteiger charge is 2.56. The summed E-state index contributed by atoms with van der Waals surface area (Å²) in [6.45, 7) is -6.03. The molecular formula is C20H31F2N5O12P2S2. The first kappa shape index (κ1) is 34.9. The van der Waals surface area contributed by atoms with Crippen molar-refractivity contribution in [3.63, 3.8) is 0 Å². The number of aliphatic hydroxyl groups is 4. The molecule has 7 unspecified atom stereocenters. The molecule has 0 saturated carbocycles. The van der Waals surface area contributed by atoms with Crippen molar-refractivity contribution in [3.8, 4) is 0 Å². The van der Waals surface area contributed by atoms with E-state index in [-0.39, 0.29) is 16.9 Å². The first-order chi connectivity index (χ1) is 20.0. The van der Waals surface area contributed by atoms with Gasteiger partial charge in [0.05, 0.1) is 36.8 Å². The molecule has 0 aromatic carbocycles. The maximum absolute atomic E-state index is 16.1. The summed E-state index contributed by atoms with van der Waals surface area (Å²) in [7, 11) is -4.03. The number of aromatic nitrogens is 3. The minimum absolute atomic E-state index is 0.0870. The topological polar surface area (TPSA) is 258 Å². The highest BCUT2D eigenvalue weighted by atomic mass is 32.7. The summed E-state index contributed by atoms with van der Waals surface area (Å²) >= 11 is 4.56. The molecule has 0 bridgehead atoms. The molecule has 0 radical (unpaired) electrons. The molecule has 0 aliphatic carbocycles. The van der Waals surface area contributed by atoms with Gasteiger partial charge in [0.2, 0.25) is 0 Å². The van der Waals surface area contributed by atoms with Gasteiger partial charge >= 0.3 is 14.6 Å². The number of ether oxygens (including phenoxy) is 2. The summed E-state index contributed by atoms with van der Waals surface area (Å²) in [5.74, 6) is -1.45. The van der Waals surface area contributed by atoms with E-state index in [1.807, 2.05) is 0 Å². The van der Waals surface area contributed by atoms with Crippen LogP contribution in [0.1, 0.15) is 17.9 Å². The zero-order valence-corrected chi connectivity index (χ0v) is 25.9. The molecule has 4 rings (SSSR count). The van der Waals surface area contributed by atoms with Gasteiger partial charge in [-0.1, -0.05) is 12.2 Å². The van der Waals surface area contributed by atoms with E-state index in [1.165, 1.54) is 20.3 Å². The molecule has 43 heavy (non-hydrogen) atoms. The number of hydrogen-bond acceptors (Lipinski definition) is 17. The fraction of sp³-hybridized carbons (Fsp3) is 0.750. The SMILES string of the molecule is CN[C@@H]1[C@@H](COP(=O)(S)OP(=O)(O)OC2OCC([C@@H](F)CO)C(O)C(O)C2O)O[C@@H](c2snc3c(N)ncnc23)[C@]1(C)F. The molecule has 2 aromatic rings. The molecule has 2 aliphatic heterocycles. The Morgan fingerprint density at radius 1 is 1.28 bits per heavy atom. The average molecular weight is 698 g/mol. The number of nitrogens with two attached hydrogens (primary N) is 1. The number of likely N-dealkylation sites (N-methyl/N-ethyl adjacent to an activating group) is 1. The van der Waals surface area contributed by atoms with Crippen LogP contribution in [0.4, 0.5) is 14.6 Å². The third kappa shape index (κ3) is 7.37. The Morgan fingerprint density at radius 3 is 2.63 bits per heavy atom. The van der Waals surface area contributed by atoms with E-state index in [2.05, 4.69) is 40.7 Å². The third-order valence-electron chi connectivity index (χ3n) is 7.03. The summed E-state index contributed by atoms with van der Waals surface area (Å²) in [4.78, 5) is 18.4. The van der Waals surface area contributed by atoms with Crippen molar-refractivity contribution in [2.45, 2.75) is 61.6 Å². The number of alkyl halides is 2. The number of phosphoric acid groups is 1. The molecule has 0 amide bonds. The van der Waals surface area contributed by atoms with Crippen molar-refractivity contribution in [1.82, 2.24) is 19.7 Å². The van der Waals surface area contributed by atoms with E-state index < -0.39 is 95.1 Å². The molecule has 17 nitrogen and oxygen atoms in total. The van der Waals surface area contributed by atoms with Crippen molar-refractivity contribution in [1.29, 1.82) is 0 Å². The average Bonchev–Trinajstić information content (AvgIpc) is 3.44. The van der Waals surface area contributed by atoms with Crippen LogP contribution in [0, 0.1) is 5.92 Å². The van der Waals surface area contributed by atoms with E-state index in [4.69, 9.17) is 24.8 Å². The summed E-state index contributed by atoms with van der Waals surface area (Å²) in [6.07, 6.45) is -11.8. The smallest absolute Gasteiger partial charge is 0.393 e. The zero-order valence-electron chi connectivity index (χ0n) is 22.4. The van der Waals surface area contributed by atoms with Crippen molar-refractivity contribution in [3.05, 3.63) is 11.2 Å². The molecular weight excluding hydrogens is 666 g/mol. The second-order valence-electron chi connectivity index (χ2n) is 9.93. The quantitative estimate of drug-likeness (QED) is 0.114. The van der Waals surface area contributed by atoms with Gasteiger partial charge in [0, 0.05) is 5.92 Å². The van der Waals surface area contributed by atoms with Crippen molar-refractivity contribution in [2.24, 2.45) is 5.92 Å². The van der Waals surface area contributed by atoms with Crippen LogP contribution in [-0.4, -0.2) is 115 Å². The number of anilines is 1. The Labute approximate surface area is 252 Å². The van der Waals surface area contributed by atoms with Crippen LogP contribution >= 0.6 is 38.4 Å². The predicted molar refractivity (Wildman–Crippen MR) is 147 cm³/mol. The lowest BCUT2D eigenvalue weighted by atomic mass is 9.91. The maximum Gasteiger partial charge on any atom is 0.482 e. The fourth-order valence-electron chi connectivity index (χ4n) is 4.85. The normalized spacial score (nSPS) is 37.1. The Morgan fingerprint density at radius 2 is 1.98 bits per heavy atom. The van der Waals surface area contributed by atoms with Gasteiger partial charge in [-0.3, -0.25) is 9.05 Å². The van der Waals surface area contributed by atoms with Crippen LogP contribution in [0.5, 0.6) is 0 Å². The van der Waals surface area contributed by atoms with Crippen LogP contribution in [0.15, 0.2) is 6.33 Å². The molecule has 23 heteroatoms. The first-order valence-corrected chi connectivity index (χ1v) is 17.5. The van der Waals surface area contributed by atoms with Crippen LogP contribution in [0.3, 0.4) is 0 Å². The van der Waals surface area contributed by atoms with Gasteiger partial charge in [-0.2, -0.15) is 8.68 Å². The van der Waals surface area contributed by atoms with Gasteiger partial charge in [-0.25, -0.2) is 27.9 Å². The number of halogens is 2. The zero-order chi connectivity index (χ0) is 31.9. The Bertz CT molecular complexity index is 1380. The Hall–Kier alpha value is -1.00. The number of nitrogens with zero attached hydrogens (tertiary/aromatic N) is 3. The van der Waals surface area contributed by atoms with Crippen LogP contribution in [0.2, 0.25) is 0 Å². The van der Waals surface area contributed by atoms with Crippen LogP contribution < -0.4 is 11.1 Å². The molecule has 0 spiro atoms. The van der Waals surface area contributed by atoms with Crippen molar-refractivity contribution < 1.29 is 66.1 Å². The molecule has 244 valence electrons. The lowest BCUT2D eigenvalue weighted by molar-refractivity contribution is -0.173. The number of thiol groups is 1. The highest BCUT2D eigenvalue weighted by Crippen LogP contribution is 2.66. The predicted octanol–water partition coefficient (Wildman–Crippen LogP) is -0.00170. The van der Waals surface area contributed by atoms with Gasteiger partial charge in [-0.05, 0) is 25.5 Å². The Balaban J connectivity index is 1.43. The van der Waals surface area contributed by atoms with Gasteiger partial charge in [-0.15, -0.1) is 0 Å². The molecule has 2 aromatic heterocycles. The molecule has 8 N–H and O–H groups in total. The van der Waals surface area contributed by atoms with Gasteiger partial charge < -0.3 is 45.8 Å². The fourth-order valence-corrected chi connectivity index (χ4v) is 9.03. The van der Waals surface area contributed by atoms with E-state index in [0.717, 1.165) is 11.5 Å². The lowest BCUT2D eigenvalue weighted by Gasteiger charge is -2.28. The minimum atomic E-state index is -5.48. The Kier molecular flexibility index (Phi) is 10.9. The van der Waals surface area contributed by atoms with E-state index in [1.54, 1.807) is 0 Å². The van der Waals surface area contributed by atoms with E-state index in [0.29, 0.717) is 4.88 Å². The highest BCUT2D eigenvalue weighted by molar-refractivity contribution is 8.45. The number of phosphoric ester groups is 1. The largest absolute Gasteiger partial charge is 0.482 e. The van der Waals surface area contributed by atoms with Crippen molar-refractivity contribution in [2.75, 3.05) is 32.6 Å². The second-order valence-corrected chi connectivity index (χ2v) is 15.2. The van der Waals surface area contributed by atoms with Crippen LogP contribution in [0.25, 0.3) is 11.0 Å². The molecule has 2 saturated heterocycles. The van der Waals surface area contributed by atoms with Crippen LogP contribution in [-0.2, 0) is 32.0 Å². The summed E-state index contributed by atoms with van der Waals surface area (Å²) in [6, 6.07) is -1.08. The monoisotopic (exact) mass is 697 g/mol. The van der Waals surface area contributed by atoms with E-state index >= 15 is 4.39 Å². The maximum atomic E-state index is 16.1. The van der Waals surface area contributed by atoms with Crippen molar-refractivity contribution >= 4 is 55.3 Å². The number of fused-ring (bicyclic) bond motifs is 1. The van der Waals surface area contributed by atoms with Gasteiger partial charge in [0.25, 0.3) is 0 Å². The molecule has 12 atom stereocenters. The van der Waals surface area contributed by atoms with Gasteiger partial charge in [0.1, 0.15) is 47.9 Å². The summed E-state index contributed by atoms with van der Waals surface area (Å²) < 4.78 is 85.0. The number of nitrogens with one attached hydrogen (secondary N) is 1. The summed E-state index contributed by atoms with van der Waals surface area (Å²) in [5, 5.41) is 42.2. The third-order valence-corrected chi connectivity index (χ3v) is 11.5. The number of nitrogen functional groups attached to an aromatic ring is 1. The minimum Gasteiger partial charge on any atom is -0.393 e. The first-order valence-electron chi connectivity index (χ1n) is 12.5. The lowest BCUT2D eigenvalue weighted by Crippen LogP contribution is -2.48. The standard InChI is InChI=1S/C20H31F2N5O12P2S2/c1-20(22)16(24-2)9(37-17(20)15-10-11(27-43-15)18(23)26-6-25-10)5-36-41(34,42)39-40(32,33)38-19-14(31)13(30)12(29)7(4-35-19)8(21)3-28/h6-9,12-14,16-17,19,24,28-31H,3-5H2,1-2H3,(H,32,33)(H,34,42)(H2,23,25,26)/t7?,8-,9+,12?,13?,14?,16+,17-,19?,20+,41?/m0/s1. The number of hydrogen-bond donors (Lipinski definition) is 8.